The largest absolute Gasteiger partial charge is 0.378 e. The molecule has 1 aliphatic rings. The molecule has 3 heteroatoms. The van der Waals surface area contributed by atoms with E-state index in [-0.39, 0.29) is 12.2 Å². The molecule has 0 saturated carbocycles. The third-order valence-corrected chi connectivity index (χ3v) is 2.79. The van der Waals surface area contributed by atoms with Crippen LogP contribution in [0.4, 0.5) is 0 Å². The Balaban J connectivity index is 2.62. The van der Waals surface area contributed by atoms with Crippen molar-refractivity contribution < 1.29 is 9.47 Å². The van der Waals surface area contributed by atoms with Crippen LogP contribution in [0, 0.1) is 11.8 Å². The number of methoxy groups -OCH3 is 2. The van der Waals surface area contributed by atoms with Gasteiger partial charge in [0.15, 0.2) is 0 Å². The zero-order valence-electron chi connectivity index (χ0n) is 9.95. The second-order valence-corrected chi connectivity index (χ2v) is 3.95. The van der Waals surface area contributed by atoms with Crippen LogP contribution in [-0.2, 0) is 9.47 Å². The van der Waals surface area contributed by atoms with E-state index in [0.29, 0.717) is 0 Å². The number of ether oxygens (including phenoxy) is 2. The van der Waals surface area contributed by atoms with Gasteiger partial charge in [0.1, 0.15) is 6.10 Å². The van der Waals surface area contributed by atoms with Crippen molar-refractivity contribution in [3.05, 3.63) is 0 Å². The predicted octanol–water partition coefficient (Wildman–Crippen LogP) is 1.14. The van der Waals surface area contributed by atoms with Crippen LogP contribution in [0.15, 0.2) is 0 Å². The average molecular weight is 211 g/mol. The zero-order valence-corrected chi connectivity index (χ0v) is 9.95. The number of hydrogen-bond donors (Lipinski definition) is 0. The van der Waals surface area contributed by atoms with Gasteiger partial charge in [-0.2, -0.15) is 0 Å². The maximum absolute atomic E-state index is 5.42. The Morgan fingerprint density at radius 2 is 2.00 bits per heavy atom. The third-order valence-electron chi connectivity index (χ3n) is 2.79. The molecule has 0 bridgehead atoms. The van der Waals surface area contributed by atoms with Crippen molar-refractivity contribution in [2.24, 2.45) is 0 Å². The molecule has 3 nitrogen and oxygen atoms in total. The van der Waals surface area contributed by atoms with Crippen LogP contribution in [0.5, 0.6) is 0 Å². The van der Waals surface area contributed by atoms with Crippen molar-refractivity contribution in [3.63, 3.8) is 0 Å². The van der Waals surface area contributed by atoms with Crippen LogP contribution < -0.4 is 0 Å². The Morgan fingerprint density at radius 3 is 2.67 bits per heavy atom. The monoisotopic (exact) mass is 211 g/mol. The van der Waals surface area contributed by atoms with Gasteiger partial charge in [0.25, 0.3) is 0 Å². The minimum atomic E-state index is -0.0709. The fourth-order valence-electron chi connectivity index (χ4n) is 1.79. The topological polar surface area (TPSA) is 21.7 Å². The number of rotatable bonds is 2. The van der Waals surface area contributed by atoms with E-state index in [9.17, 15) is 0 Å². The first-order valence-electron chi connectivity index (χ1n) is 5.50. The van der Waals surface area contributed by atoms with Crippen LogP contribution in [0.1, 0.15) is 19.3 Å². The maximum atomic E-state index is 5.42. The molecule has 2 unspecified atom stereocenters. The molecule has 0 aromatic carbocycles. The highest BCUT2D eigenvalue weighted by atomic mass is 16.5. The lowest BCUT2D eigenvalue weighted by Crippen LogP contribution is -2.31. The third kappa shape index (κ3) is 4.21. The first-order chi connectivity index (χ1) is 7.27. The molecule has 1 heterocycles. The maximum Gasteiger partial charge on any atom is 0.143 e. The van der Waals surface area contributed by atoms with Gasteiger partial charge in [0.2, 0.25) is 0 Å². The summed E-state index contributed by atoms with van der Waals surface area (Å²) in [7, 11) is 5.57. The summed E-state index contributed by atoms with van der Waals surface area (Å²) in [5.41, 5.74) is 0. The lowest BCUT2D eigenvalue weighted by atomic mass is 10.1. The molecule has 86 valence electrons. The molecule has 0 N–H and O–H groups in total. The van der Waals surface area contributed by atoms with Gasteiger partial charge in [-0.15, -0.1) is 0 Å². The Hall–Kier alpha value is -0.560. The molecule has 0 aliphatic carbocycles. The van der Waals surface area contributed by atoms with Crippen LogP contribution in [0.3, 0.4) is 0 Å². The van der Waals surface area contributed by atoms with Gasteiger partial charge in [-0.3, -0.25) is 0 Å². The molecule has 0 aromatic heterocycles. The van der Waals surface area contributed by atoms with Gasteiger partial charge >= 0.3 is 0 Å². The Labute approximate surface area is 92.7 Å². The summed E-state index contributed by atoms with van der Waals surface area (Å²) >= 11 is 0. The first-order valence-corrected chi connectivity index (χ1v) is 5.50. The summed E-state index contributed by atoms with van der Waals surface area (Å²) in [4.78, 5) is 2.31. The Kier molecular flexibility index (Phi) is 5.70. The fourth-order valence-corrected chi connectivity index (χ4v) is 1.79. The predicted molar refractivity (Wildman–Crippen MR) is 60.7 cm³/mol. The minimum Gasteiger partial charge on any atom is -0.378 e. The van der Waals surface area contributed by atoms with E-state index in [1.807, 2.05) is 0 Å². The summed E-state index contributed by atoms with van der Waals surface area (Å²) < 4.78 is 10.8. The van der Waals surface area contributed by atoms with Crippen molar-refractivity contribution in [3.8, 4) is 11.8 Å². The minimum absolute atomic E-state index is 0.0709. The Morgan fingerprint density at radius 1 is 1.20 bits per heavy atom. The molecule has 1 aliphatic heterocycles. The Bertz CT molecular complexity index is 232. The SMILES string of the molecule is COC1C#CCCN(C)CCCC1OC. The van der Waals surface area contributed by atoms with E-state index in [0.717, 1.165) is 32.4 Å². The fraction of sp³-hybridized carbons (Fsp3) is 0.833. The summed E-state index contributed by atoms with van der Waals surface area (Å²) in [6.45, 7) is 2.15. The van der Waals surface area contributed by atoms with Gasteiger partial charge in [0.05, 0.1) is 6.10 Å². The lowest BCUT2D eigenvalue weighted by Gasteiger charge is -2.23. The van der Waals surface area contributed by atoms with Gasteiger partial charge in [-0.05, 0) is 26.4 Å². The van der Waals surface area contributed by atoms with Crippen LogP contribution in [-0.4, -0.2) is 51.5 Å². The highest BCUT2D eigenvalue weighted by Gasteiger charge is 2.19. The van der Waals surface area contributed by atoms with Crippen molar-refractivity contribution in [1.29, 1.82) is 0 Å². The summed E-state index contributed by atoms with van der Waals surface area (Å²) in [6.07, 6.45) is 3.09. The summed E-state index contributed by atoms with van der Waals surface area (Å²) in [5, 5.41) is 0. The molecule has 0 radical (unpaired) electrons. The van der Waals surface area contributed by atoms with Crippen LogP contribution >= 0.6 is 0 Å². The summed E-state index contributed by atoms with van der Waals surface area (Å²) in [6, 6.07) is 0. The van der Waals surface area contributed by atoms with E-state index >= 15 is 0 Å². The van der Waals surface area contributed by atoms with Gasteiger partial charge in [-0.25, -0.2) is 0 Å². The smallest absolute Gasteiger partial charge is 0.143 e. The van der Waals surface area contributed by atoms with E-state index in [1.54, 1.807) is 14.2 Å². The molecule has 0 aromatic rings. The first kappa shape index (κ1) is 12.5. The van der Waals surface area contributed by atoms with E-state index in [2.05, 4.69) is 23.8 Å². The van der Waals surface area contributed by atoms with Crippen molar-refractivity contribution in [2.75, 3.05) is 34.4 Å². The van der Waals surface area contributed by atoms with E-state index in [1.165, 1.54) is 0 Å². The molecule has 0 fully saturated rings. The van der Waals surface area contributed by atoms with E-state index in [4.69, 9.17) is 9.47 Å². The zero-order chi connectivity index (χ0) is 11.1. The lowest BCUT2D eigenvalue weighted by molar-refractivity contribution is -0.0128. The molecule has 0 amide bonds. The number of hydrogen-bond acceptors (Lipinski definition) is 3. The molecule has 2 atom stereocenters. The van der Waals surface area contributed by atoms with Crippen LogP contribution in [0.2, 0.25) is 0 Å². The van der Waals surface area contributed by atoms with Gasteiger partial charge in [-0.1, -0.05) is 11.8 Å². The molecule has 1 rings (SSSR count). The quantitative estimate of drug-likeness (QED) is 0.639. The van der Waals surface area contributed by atoms with E-state index < -0.39 is 0 Å². The normalized spacial score (nSPS) is 29.3. The van der Waals surface area contributed by atoms with Gasteiger partial charge in [0, 0.05) is 27.2 Å². The highest BCUT2D eigenvalue weighted by Crippen LogP contribution is 2.10. The second kappa shape index (κ2) is 6.84. The average Bonchev–Trinajstić information content (AvgIpc) is 2.26. The van der Waals surface area contributed by atoms with Crippen molar-refractivity contribution >= 4 is 0 Å². The molecule has 15 heavy (non-hydrogen) atoms. The van der Waals surface area contributed by atoms with Gasteiger partial charge < -0.3 is 14.4 Å². The molecular formula is C12H21NO2. The van der Waals surface area contributed by atoms with Crippen molar-refractivity contribution in [2.45, 2.75) is 31.5 Å². The second-order valence-electron chi connectivity index (χ2n) is 3.95. The molecule has 0 saturated heterocycles. The molecule has 0 spiro atoms. The highest BCUT2D eigenvalue weighted by molar-refractivity contribution is 5.08. The summed E-state index contributed by atoms with van der Waals surface area (Å²) in [5.74, 6) is 6.29. The van der Waals surface area contributed by atoms with Crippen molar-refractivity contribution in [1.82, 2.24) is 4.90 Å². The standard InChI is InChI=1S/C12H21NO2/c1-13-9-5-4-7-11(14-2)12(15-3)8-6-10-13/h11-12H,5-6,8-10H2,1-3H3. The number of nitrogens with zero attached hydrogens (tertiary/aromatic N) is 1. The molecular weight excluding hydrogens is 190 g/mol. The van der Waals surface area contributed by atoms with Crippen LogP contribution in [0.25, 0.3) is 0 Å².